The summed E-state index contributed by atoms with van der Waals surface area (Å²) in [7, 11) is 1.51. The number of methoxy groups -OCH3 is 1. The van der Waals surface area contributed by atoms with Gasteiger partial charge in [0.25, 0.3) is 0 Å². The summed E-state index contributed by atoms with van der Waals surface area (Å²) in [4.78, 5) is 5.30. The standard InChI is InChI=1S/C11H11BrN2O2S/c1-16-9-3-6(2-8(12)10(9)15)11-14-5-7(4-13)17-11/h2-3,5,15H,4,13H2,1H3. The van der Waals surface area contributed by atoms with Crippen LogP contribution in [0.3, 0.4) is 0 Å². The fourth-order valence-electron chi connectivity index (χ4n) is 1.39. The van der Waals surface area contributed by atoms with E-state index in [0.29, 0.717) is 16.8 Å². The van der Waals surface area contributed by atoms with E-state index in [9.17, 15) is 5.11 Å². The lowest BCUT2D eigenvalue weighted by atomic mass is 10.2. The first-order valence-electron chi connectivity index (χ1n) is 4.87. The maximum Gasteiger partial charge on any atom is 0.172 e. The minimum Gasteiger partial charge on any atom is -0.503 e. The largest absolute Gasteiger partial charge is 0.503 e. The average Bonchev–Trinajstić information content (AvgIpc) is 2.81. The lowest BCUT2D eigenvalue weighted by molar-refractivity contribution is 0.372. The smallest absolute Gasteiger partial charge is 0.172 e. The van der Waals surface area contributed by atoms with Gasteiger partial charge in [-0.3, -0.25) is 0 Å². The Kier molecular flexibility index (Phi) is 3.66. The van der Waals surface area contributed by atoms with Crippen molar-refractivity contribution in [2.45, 2.75) is 6.54 Å². The molecular weight excluding hydrogens is 304 g/mol. The van der Waals surface area contributed by atoms with Crippen LogP contribution in [0.5, 0.6) is 11.5 Å². The van der Waals surface area contributed by atoms with Crippen LogP contribution >= 0.6 is 27.3 Å². The van der Waals surface area contributed by atoms with Gasteiger partial charge in [-0.1, -0.05) is 0 Å². The lowest BCUT2D eigenvalue weighted by Gasteiger charge is -2.07. The predicted octanol–water partition coefficient (Wildman–Crippen LogP) is 2.75. The second-order valence-corrected chi connectivity index (χ2v) is 5.31. The minimum absolute atomic E-state index is 0.0897. The van der Waals surface area contributed by atoms with Crippen LogP contribution in [-0.2, 0) is 6.54 Å². The van der Waals surface area contributed by atoms with Crippen LogP contribution in [0.25, 0.3) is 10.6 Å². The molecule has 1 aromatic heterocycles. The first-order chi connectivity index (χ1) is 8.15. The zero-order valence-electron chi connectivity index (χ0n) is 9.11. The number of phenolic OH excluding ortho intramolecular Hbond substituents is 1. The normalized spacial score (nSPS) is 10.5. The Morgan fingerprint density at radius 1 is 1.53 bits per heavy atom. The van der Waals surface area contributed by atoms with Crippen molar-refractivity contribution < 1.29 is 9.84 Å². The van der Waals surface area contributed by atoms with E-state index < -0.39 is 0 Å². The van der Waals surface area contributed by atoms with E-state index in [2.05, 4.69) is 20.9 Å². The van der Waals surface area contributed by atoms with E-state index in [-0.39, 0.29) is 5.75 Å². The third kappa shape index (κ3) is 2.43. The molecule has 0 aliphatic carbocycles. The highest BCUT2D eigenvalue weighted by Crippen LogP contribution is 2.39. The van der Waals surface area contributed by atoms with Crippen LogP contribution in [0.1, 0.15) is 4.88 Å². The van der Waals surface area contributed by atoms with Gasteiger partial charge in [0, 0.05) is 23.2 Å². The van der Waals surface area contributed by atoms with E-state index in [1.165, 1.54) is 18.4 Å². The summed E-state index contributed by atoms with van der Waals surface area (Å²) >= 11 is 4.81. The molecule has 17 heavy (non-hydrogen) atoms. The molecule has 2 rings (SSSR count). The zero-order valence-corrected chi connectivity index (χ0v) is 11.5. The summed E-state index contributed by atoms with van der Waals surface area (Å²) in [6.07, 6.45) is 1.76. The molecule has 6 heteroatoms. The topological polar surface area (TPSA) is 68.4 Å². The minimum atomic E-state index is 0.0897. The number of phenols is 1. The van der Waals surface area contributed by atoms with Crippen molar-refractivity contribution in [1.29, 1.82) is 0 Å². The molecule has 0 saturated carbocycles. The third-order valence-electron chi connectivity index (χ3n) is 2.25. The number of halogens is 1. The Hall–Kier alpha value is -1.11. The number of benzene rings is 1. The molecule has 1 heterocycles. The van der Waals surface area contributed by atoms with Crippen LogP contribution in [0.15, 0.2) is 22.8 Å². The van der Waals surface area contributed by atoms with Crippen LogP contribution in [0.4, 0.5) is 0 Å². The number of hydrogen-bond acceptors (Lipinski definition) is 5. The van der Waals surface area contributed by atoms with Gasteiger partial charge in [0.1, 0.15) is 5.01 Å². The van der Waals surface area contributed by atoms with E-state index in [4.69, 9.17) is 10.5 Å². The van der Waals surface area contributed by atoms with Crippen molar-refractivity contribution in [3.05, 3.63) is 27.7 Å². The quantitative estimate of drug-likeness (QED) is 0.914. The molecule has 2 aromatic rings. The molecule has 0 amide bonds. The molecule has 0 radical (unpaired) electrons. The second-order valence-electron chi connectivity index (χ2n) is 3.34. The molecule has 0 atom stereocenters. The van der Waals surface area contributed by atoms with E-state index >= 15 is 0 Å². The molecule has 0 unspecified atom stereocenters. The third-order valence-corrected chi connectivity index (χ3v) is 3.92. The van der Waals surface area contributed by atoms with Crippen molar-refractivity contribution in [3.63, 3.8) is 0 Å². The summed E-state index contributed by atoms with van der Waals surface area (Å²) < 4.78 is 5.67. The van der Waals surface area contributed by atoms with Crippen LogP contribution in [-0.4, -0.2) is 17.2 Å². The first-order valence-corrected chi connectivity index (χ1v) is 6.48. The molecule has 1 aromatic carbocycles. The molecule has 4 nitrogen and oxygen atoms in total. The number of hydrogen-bond donors (Lipinski definition) is 2. The van der Waals surface area contributed by atoms with Gasteiger partial charge in [0.15, 0.2) is 11.5 Å². The molecular formula is C11H11BrN2O2S. The number of nitrogens with two attached hydrogens (primary N) is 1. The average molecular weight is 315 g/mol. The Morgan fingerprint density at radius 3 is 2.88 bits per heavy atom. The number of ether oxygens (including phenoxy) is 1. The van der Waals surface area contributed by atoms with Gasteiger partial charge >= 0.3 is 0 Å². The maximum atomic E-state index is 9.71. The van der Waals surface area contributed by atoms with Crippen LogP contribution in [0.2, 0.25) is 0 Å². The van der Waals surface area contributed by atoms with E-state index in [0.717, 1.165) is 15.4 Å². The van der Waals surface area contributed by atoms with Gasteiger partial charge in [0.2, 0.25) is 0 Å². The van der Waals surface area contributed by atoms with Gasteiger partial charge < -0.3 is 15.6 Å². The Labute approximate surface area is 111 Å². The van der Waals surface area contributed by atoms with Crippen molar-refractivity contribution >= 4 is 27.3 Å². The predicted molar refractivity (Wildman–Crippen MR) is 71.4 cm³/mol. The van der Waals surface area contributed by atoms with E-state index in [1.807, 2.05) is 0 Å². The zero-order chi connectivity index (χ0) is 12.4. The Morgan fingerprint density at radius 2 is 2.29 bits per heavy atom. The molecule has 0 fully saturated rings. The summed E-state index contributed by atoms with van der Waals surface area (Å²) in [6.45, 7) is 0.480. The van der Waals surface area contributed by atoms with Gasteiger partial charge in [-0.2, -0.15) is 0 Å². The van der Waals surface area contributed by atoms with Gasteiger partial charge in [-0.05, 0) is 28.1 Å². The van der Waals surface area contributed by atoms with Crippen molar-refractivity contribution in [2.75, 3.05) is 7.11 Å². The number of aromatic nitrogens is 1. The number of aromatic hydroxyl groups is 1. The highest BCUT2D eigenvalue weighted by atomic mass is 79.9. The first kappa shape index (κ1) is 12.3. The molecule has 90 valence electrons. The Balaban J connectivity index is 2.48. The SMILES string of the molecule is COc1cc(-c2ncc(CN)s2)cc(Br)c1O. The highest BCUT2D eigenvalue weighted by molar-refractivity contribution is 9.10. The summed E-state index contributed by atoms with van der Waals surface area (Å²) in [5, 5.41) is 10.6. The van der Waals surface area contributed by atoms with Crippen molar-refractivity contribution in [2.24, 2.45) is 5.73 Å². The van der Waals surface area contributed by atoms with E-state index in [1.54, 1.807) is 18.3 Å². The van der Waals surface area contributed by atoms with Gasteiger partial charge in [-0.15, -0.1) is 11.3 Å². The molecule has 0 aliphatic rings. The number of nitrogens with zero attached hydrogens (tertiary/aromatic N) is 1. The fraction of sp³-hybridized carbons (Fsp3) is 0.182. The fourth-order valence-corrected chi connectivity index (χ4v) is 2.61. The molecule has 3 N–H and O–H groups in total. The van der Waals surface area contributed by atoms with Crippen LogP contribution in [0, 0.1) is 0 Å². The van der Waals surface area contributed by atoms with Crippen LogP contribution < -0.4 is 10.5 Å². The molecule has 0 saturated heterocycles. The summed E-state index contributed by atoms with van der Waals surface area (Å²) in [6, 6.07) is 3.55. The lowest BCUT2D eigenvalue weighted by Crippen LogP contribution is -1.91. The van der Waals surface area contributed by atoms with Crippen molar-refractivity contribution in [1.82, 2.24) is 4.98 Å². The molecule has 0 aliphatic heterocycles. The van der Waals surface area contributed by atoms with Gasteiger partial charge in [0.05, 0.1) is 11.6 Å². The number of thiazole rings is 1. The van der Waals surface area contributed by atoms with Gasteiger partial charge in [-0.25, -0.2) is 4.98 Å². The maximum absolute atomic E-state index is 9.71. The second kappa shape index (κ2) is 5.03. The number of rotatable bonds is 3. The highest BCUT2D eigenvalue weighted by Gasteiger charge is 2.12. The molecule has 0 spiro atoms. The monoisotopic (exact) mass is 314 g/mol. The molecule has 0 bridgehead atoms. The Bertz CT molecular complexity index is 542. The summed E-state index contributed by atoms with van der Waals surface area (Å²) in [5.41, 5.74) is 6.43. The summed E-state index contributed by atoms with van der Waals surface area (Å²) in [5.74, 6) is 0.505. The van der Waals surface area contributed by atoms with Crippen molar-refractivity contribution in [3.8, 4) is 22.1 Å².